The van der Waals surface area contributed by atoms with Gasteiger partial charge in [-0.25, -0.2) is 0 Å². The maximum Gasteiger partial charge on any atom is 0.317 e. The Morgan fingerprint density at radius 2 is 1.04 bits per heavy atom. The smallest absolute Gasteiger partial charge is 0.317 e. The Hall–Kier alpha value is -2.88. The number of benzene rings is 2. The summed E-state index contributed by atoms with van der Waals surface area (Å²) in [5, 5.41) is 0. The topological polar surface area (TPSA) is 52.6 Å². The molecule has 0 heterocycles. The number of carbonyl (C=O) groups is 2. The van der Waals surface area contributed by atoms with Gasteiger partial charge in [-0.15, -0.1) is 0 Å². The second-order valence-electron chi connectivity index (χ2n) is 5.21. The number of methoxy groups -OCH3 is 2. The van der Waals surface area contributed by atoms with Crippen molar-refractivity contribution in [1.82, 2.24) is 0 Å². The fraction of sp³-hybridized carbons (Fsp3) is 0.200. The quantitative estimate of drug-likeness (QED) is 0.603. The largest absolute Gasteiger partial charge is 0.468 e. The van der Waals surface area contributed by atoms with Crippen LogP contribution in [-0.2, 0) is 19.1 Å². The summed E-state index contributed by atoms with van der Waals surface area (Å²) in [6.07, 6.45) is 3.38. The van der Waals surface area contributed by atoms with Crippen molar-refractivity contribution in [1.29, 1.82) is 0 Å². The third-order valence-electron chi connectivity index (χ3n) is 3.72. The lowest BCUT2D eigenvalue weighted by Crippen LogP contribution is -2.15. The molecule has 0 fully saturated rings. The van der Waals surface area contributed by atoms with Crippen LogP contribution < -0.4 is 0 Å². The first kappa shape index (κ1) is 17.5. The van der Waals surface area contributed by atoms with Crippen molar-refractivity contribution in [2.45, 2.75) is 11.8 Å². The summed E-state index contributed by atoms with van der Waals surface area (Å²) in [4.78, 5) is 24.2. The van der Waals surface area contributed by atoms with E-state index in [1.54, 1.807) is 12.2 Å². The van der Waals surface area contributed by atoms with Crippen molar-refractivity contribution in [2.24, 2.45) is 0 Å². The van der Waals surface area contributed by atoms with Crippen molar-refractivity contribution in [3.63, 3.8) is 0 Å². The Morgan fingerprint density at radius 1 is 0.708 bits per heavy atom. The van der Waals surface area contributed by atoms with E-state index in [9.17, 15) is 9.59 Å². The maximum absolute atomic E-state index is 12.1. The molecular formula is C20H20O4. The highest BCUT2D eigenvalue weighted by atomic mass is 16.5. The highest BCUT2D eigenvalue weighted by molar-refractivity contribution is 5.83. The van der Waals surface area contributed by atoms with Crippen LogP contribution in [0, 0.1) is 0 Å². The summed E-state index contributed by atoms with van der Waals surface area (Å²) in [6, 6.07) is 18.6. The molecule has 24 heavy (non-hydrogen) atoms. The molecule has 0 N–H and O–H groups in total. The molecule has 0 aliphatic carbocycles. The van der Waals surface area contributed by atoms with Gasteiger partial charge in [-0.3, -0.25) is 9.59 Å². The van der Waals surface area contributed by atoms with E-state index in [0.717, 1.165) is 11.1 Å². The van der Waals surface area contributed by atoms with Gasteiger partial charge in [-0.2, -0.15) is 0 Å². The average molecular weight is 324 g/mol. The van der Waals surface area contributed by atoms with Crippen LogP contribution in [0.15, 0.2) is 72.8 Å². The minimum absolute atomic E-state index is 0.380. The number of esters is 2. The van der Waals surface area contributed by atoms with E-state index in [0.29, 0.717) is 0 Å². The molecule has 2 aromatic rings. The average Bonchev–Trinajstić information content (AvgIpc) is 2.65. The van der Waals surface area contributed by atoms with Crippen LogP contribution >= 0.6 is 0 Å². The zero-order chi connectivity index (χ0) is 17.4. The van der Waals surface area contributed by atoms with Gasteiger partial charge in [0.25, 0.3) is 0 Å². The van der Waals surface area contributed by atoms with E-state index >= 15 is 0 Å². The number of carbonyl (C=O) groups excluding carboxylic acids is 2. The molecular weight excluding hydrogens is 304 g/mol. The molecule has 0 aliphatic heterocycles. The number of hydrogen-bond donors (Lipinski definition) is 0. The van der Waals surface area contributed by atoms with E-state index in [1.807, 2.05) is 60.7 Å². The van der Waals surface area contributed by atoms with E-state index in [4.69, 9.17) is 9.47 Å². The van der Waals surface area contributed by atoms with Crippen molar-refractivity contribution in [3.8, 4) is 0 Å². The summed E-state index contributed by atoms with van der Waals surface area (Å²) in [5.74, 6) is -1.91. The first-order chi connectivity index (χ1) is 11.7. The lowest BCUT2D eigenvalue weighted by atomic mass is 9.93. The normalized spacial score (nSPS) is 13.2. The van der Waals surface area contributed by atoms with Gasteiger partial charge in [-0.05, 0) is 11.1 Å². The molecule has 2 atom stereocenters. The van der Waals surface area contributed by atoms with Crippen molar-refractivity contribution >= 4 is 11.9 Å². The maximum atomic E-state index is 12.1. The summed E-state index contributed by atoms with van der Waals surface area (Å²) >= 11 is 0. The van der Waals surface area contributed by atoms with Crippen LogP contribution in [0.4, 0.5) is 0 Å². The molecule has 0 bridgehead atoms. The van der Waals surface area contributed by atoms with E-state index < -0.39 is 11.8 Å². The number of rotatable bonds is 6. The van der Waals surface area contributed by atoms with Gasteiger partial charge in [0.2, 0.25) is 0 Å². The Labute approximate surface area is 141 Å². The van der Waals surface area contributed by atoms with E-state index in [-0.39, 0.29) is 11.9 Å². The highest BCUT2D eigenvalue weighted by Crippen LogP contribution is 2.24. The van der Waals surface area contributed by atoms with Gasteiger partial charge in [0.1, 0.15) is 0 Å². The minimum Gasteiger partial charge on any atom is -0.468 e. The molecule has 0 saturated carbocycles. The lowest BCUT2D eigenvalue weighted by molar-refractivity contribution is -0.142. The zero-order valence-electron chi connectivity index (χ0n) is 13.7. The van der Waals surface area contributed by atoms with Crippen LogP contribution in [0.25, 0.3) is 0 Å². The zero-order valence-corrected chi connectivity index (χ0v) is 13.7. The Balaban J connectivity index is 2.34. The Bertz CT molecular complexity index is 631. The molecule has 2 rings (SSSR count). The van der Waals surface area contributed by atoms with Crippen molar-refractivity contribution in [3.05, 3.63) is 83.9 Å². The molecule has 0 radical (unpaired) electrons. The third kappa shape index (κ3) is 4.32. The minimum atomic E-state index is -0.577. The Kier molecular flexibility index (Phi) is 6.32. The number of hydrogen-bond acceptors (Lipinski definition) is 4. The molecule has 0 amide bonds. The summed E-state index contributed by atoms with van der Waals surface area (Å²) in [6.45, 7) is 0. The first-order valence-corrected chi connectivity index (χ1v) is 7.61. The predicted octanol–water partition coefficient (Wildman–Crippen LogP) is 3.46. The molecule has 0 saturated heterocycles. The van der Waals surface area contributed by atoms with Gasteiger partial charge in [0, 0.05) is 0 Å². The molecule has 4 nitrogen and oxygen atoms in total. The first-order valence-electron chi connectivity index (χ1n) is 7.61. The van der Waals surface area contributed by atoms with Crippen LogP contribution in [0.2, 0.25) is 0 Å². The van der Waals surface area contributed by atoms with Gasteiger partial charge >= 0.3 is 11.9 Å². The summed E-state index contributed by atoms with van der Waals surface area (Å²) in [7, 11) is 2.70. The SMILES string of the molecule is COC(=O)C(C=CC(C(=O)OC)c1ccccc1)c1ccccc1. The van der Waals surface area contributed by atoms with E-state index in [2.05, 4.69) is 0 Å². The monoisotopic (exact) mass is 324 g/mol. The van der Waals surface area contributed by atoms with Gasteiger partial charge in [0.15, 0.2) is 0 Å². The number of ether oxygens (including phenoxy) is 2. The summed E-state index contributed by atoms with van der Waals surface area (Å²) < 4.78 is 9.77. The lowest BCUT2D eigenvalue weighted by Gasteiger charge is -2.14. The molecule has 0 spiro atoms. The van der Waals surface area contributed by atoms with Crippen molar-refractivity contribution in [2.75, 3.05) is 14.2 Å². The molecule has 2 unspecified atom stereocenters. The fourth-order valence-corrected chi connectivity index (χ4v) is 2.45. The highest BCUT2D eigenvalue weighted by Gasteiger charge is 2.22. The molecule has 124 valence electrons. The van der Waals surface area contributed by atoms with Crippen LogP contribution in [0.1, 0.15) is 23.0 Å². The van der Waals surface area contributed by atoms with Gasteiger partial charge in [-0.1, -0.05) is 72.8 Å². The summed E-state index contributed by atoms with van der Waals surface area (Å²) in [5.41, 5.74) is 1.61. The third-order valence-corrected chi connectivity index (χ3v) is 3.72. The molecule has 0 aromatic heterocycles. The van der Waals surface area contributed by atoms with Crippen molar-refractivity contribution < 1.29 is 19.1 Å². The van der Waals surface area contributed by atoms with Crippen LogP contribution in [0.3, 0.4) is 0 Å². The molecule has 4 heteroatoms. The Morgan fingerprint density at radius 3 is 1.33 bits per heavy atom. The van der Waals surface area contributed by atoms with Gasteiger partial charge < -0.3 is 9.47 Å². The van der Waals surface area contributed by atoms with Crippen LogP contribution in [-0.4, -0.2) is 26.2 Å². The van der Waals surface area contributed by atoms with Crippen LogP contribution in [0.5, 0.6) is 0 Å². The standard InChI is InChI=1S/C20H20O4/c1-23-19(21)17(15-9-5-3-6-10-15)13-14-18(20(22)24-2)16-11-7-4-8-12-16/h3-14,17-18H,1-2H3. The van der Waals surface area contributed by atoms with Gasteiger partial charge in [0.05, 0.1) is 26.1 Å². The molecule has 0 aliphatic rings. The predicted molar refractivity (Wildman–Crippen MR) is 91.5 cm³/mol. The fourth-order valence-electron chi connectivity index (χ4n) is 2.45. The molecule has 2 aromatic carbocycles. The second-order valence-corrected chi connectivity index (χ2v) is 5.21. The van der Waals surface area contributed by atoms with E-state index in [1.165, 1.54) is 14.2 Å². The second kappa shape index (κ2) is 8.67.